The summed E-state index contributed by atoms with van der Waals surface area (Å²) in [7, 11) is 0. The molecule has 0 aliphatic rings. The molecule has 1 amide bonds. The van der Waals surface area contributed by atoms with Gasteiger partial charge in [-0.2, -0.15) is 0 Å². The topological polar surface area (TPSA) is 84.9 Å². The van der Waals surface area contributed by atoms with Crippen molar-refractivity contribution < 1.29 is 23.9 Å². The summed E-state index contributed by atoms with van der Waals surface area (Å²) in [5.74, 6) is 0.435. The van der Waals surface area contributed by atoms with Crippen molar-refractivity contribution in [2.75, 3.05) is 39.4 Å². The summed E-state index contributed by atoms with van der Waals surface area (Å²) in [6.45, 7) is 13.7. The van der Waals surface area contributed by atoms with E-state index in [-0.39, 0.29) is 23.8 Å². The van der Waals surface area contributed by atoms with Crippen LogP contribution in [-0.4, -0.2) is 67.0 Å². The van der Waals surface area contributed by atoms with Crippen molar-refractivity contribution in [1.29, 1.82) is 0 Å². The van der Waals surface area contributed by atoms with Crippen molar-refractivity contribution in [3.8, 4) is 0 Å². The van der Waals surface area contributed by atoms with Crippen LogP contribution in [0.1, 0.15) is 252 Å². The number of nitrogens with zero attached hydrogens (tertiary/aromatic N) is 1. The summed E-state index contributed by atoms with van der Waals surface area (Å²) in [6, 6.07) is 0. The van der Waals surface area contributed by atoms with Gasteiger partial charge in [0, 0.05) is 13.0 Å². The minimum Gasteiger partial charge on any atom is -0.466 e. The summed E-state index contributed by atoms with van der Waals surface area (Å²) in [4.78, 5) is 38.8. The van der Waals surface area contributed by atoms with E-state index in [1.165, 1.54) is 116 Å². The summed E-state index contributed by atoms with van der Waals surface area (Å²) >= 11 is 11.4. The third-order valence-electron chi connectivity index (χ3n) is 12.2. The van der Waals surface area contributed by atoms with Gasteiger partial charge in [0.1, 0.15) is 0 Å². The van der Waals surface area contributed by atoms with Crippen molar-refractivity contribution in [2.45, 2.75) is 257 Å². The zero-order chi connectivity index (χ0) is 44.2. The highest BCUT2D eigenvalue weighted by Crippen LogP contribution is 2.24. The number of unbranched alkanes of at least 4 members (excludes halogenated alkanes) is 22. The van der Waals surface area contributed by atoms with Gasteiger partial charge in [-0.25, -0.2) is 0 Å². The minimum atomic E-state index is -1.03. The van der Waals surface area contributed by atoms with Gasteiger partial charge < -0.3 is 19.7 Å². The van der Waals surface area contributed by atoms with Crippen LogP contribution in [0, 0.1) is 11.8 Å². The van der Waals surface area contributed by atoms with Crippen molar-refractivity contribution >= 4 is 41.0 Å². The molecule has 1 atom stereocenters. The Morgan fingerprint density at radius 1 is 0.467 bits per heavy atom. The zero-order valence-corrected chi connectivity index (χ0v) is 41.5. The maximum absolute atomic E-state index is 13.0. The highest BCUT2D eigenvalue weighted by atomic mass is 35.5. The van der Waals surface area contributed by atoms with E-state index in [4.69, 9.17) is 32.7 Å². The molecule has 0 aromatic heterocycles. The lowest BCUT2D eigenvalue weighted by Gasteiger charge is -2.22. The Hall–Kier alpha value is -1.05. The van der Waals surface area contributed by atoms with E-state index in [0.717, 1.165) is 122 Å². The Labute approximate surface area is 382 Å². The van der Waals surface area contributed by atoms with Crippen LogP contribution in [0.15, 0.2) is 0 Å². The second-order valence-corrected chi connectivity index (χ2v) is 19.0. The van der Waals surface area contributed by atoms with Crippen LogP contribution in [0.5, 0.6) is 0 Å². The molecule has 0 fully saturated rings. The third-order valence-corrected chi connectivity index (χ3v) is 12.6. The number of halogens is 2. The molecule has 0 aliphatic heterocycles. The number of carbonyl (C=O) groups is 3. The number of alkyl halides is 2. The quantitative estimate of drug-likeness (QED) is 0.0372. The first kappa shape index (κ1) is 58.9. The number of carbonyl (C=O) groups excluding carboxylic acids is 3. The van der Waals surface area contributed by atoms with E-state index in [1.807, 2.05) is 0 Å². The van der Waals surface area contributed by atoms with Gasteiger partial charge in [0.2, 0.25) is 0 Å². The first-order valence-electron chi connectivity index (χ1n) is 25.9. The van der Waals surface area contributed by atoms with Gasteiger partial charge in [0.15, 0.2) is 4.84 Å². The van der Waals surface area contributed by atoms with Crippen LogP contribution in [0.25, 0.3) is 0 Å². The van der Waals surface area contributed by atoms with Crippen LogP contribution in [0.2, 0.25) is 0 Å². The summed E-state index contributed by atoms with van der Waals surface area (Å²) in [5.41, 5.74) is 0. The fraction of sp³-hybridized carbons (Fsp3) is 0.941. The van der Waals surface area contributed by atoms with E-state index in [1.54, 1.807) is 0 Å². The van der Waals surface area contributed by atoms with Crippen molar-refractivity contribution in [3.63, 3.8) is 0 Å². The Morgan fingerprint density at radius 2 is 0.867 bits per heavy atom. The number of ether oxygens (including phenoxy) is 2. The SMILES string of the molecule is CCCCCCCCC(CCCCCC)C(=O)OCCCCCCCN(CCCCCCCOC(=O)CCC(CCCCCC)CCCCCC)CCCNC(=O)C(Cl)Cl. The molecule has 0 spiro atoms. The van der Waals surface area contributed by atoms with Crippen LogP contribution in [0.3, 0.4) is 0 Å². The first-order valence-corrected chi connectivity index (χ1v) is 26.8. The second kappa shape index (κ2) is 46.0. The summed E-state index contributed by atoms with van der Waals surface area (Å²) in [5, 5.41) is 2.82. The Morgan fingerprint density at radius 3 is 1.37 bits per heavy atom. The average Bonchev–Trinajstić information content (AvgIpc) is 3.24. The molecule has 0 heterocycles. The van der Waals surface area contributed by atoms with Crippen LogP contribution < -0.4 is 5.32 Å². The molecule has 7 nitrogen and oxygen atoms in total. The number of nitrogens with one attached hydrogen (secondary N) is 1. The number of rotatable bonds is 47. The molecule has 0 aromatic rings. The highest BCUT2D eigenvalue weighted by Gasteiger charge is 2.19. The van der Waals surface area contributed by atoms with Gasteiger partial charge in [0.25, 0.3) is 5.91 Å². The van der Waals surface area contributed by atoms with E-state index >= 15 is 0 Å². The predicted molar refractivity (Wildman–Crippen MR) is 258 cm³/mol. The number of hydrogen-bond acceptors (Lipinski definition) is 6. The molecule has 0 aliphatic carbocycles. The molecule has 1 N–H and O–H groups in total. The van der Waals surface area contributed by atoms with Crippen molar-refractivity contribution in [3.05, 3.63) is 0 Å². The molecule has 0 saturated heterocycles. The number of esters is 2. The monoisotopic (exact) mass is 889 g/mol. The Balaban J connectivity index is 4.44. The van der Waals surface area contributed by atoms with Gasteiger partial charge in [-0.15, -0.1) is 0 Å². The lowest BCUT2D eigenvalue weighted by molar-refractivity contribution is -0.149. The fourth-order valence-corrected chi connectivity index (χ4v) is 8.41. The Bertz CT molecular complexity index is 943. The molecule has 356 valence electrons. The summed E-state index contributed by atoms with van der Waals surface area (Å²) in [6.07, 6.45) is 40.6. The zero-order valence-electron chi connectivity index (χ0n) is 40.0. The van der Waals surface area contributed by atoms with E-state index in [9.17, 15) is 14.4 Å². The average molecular weight is 890 g/mol. The standard InChI is InChI=1S/C51H98Cl2N2O5/c1-5-9-13-17-20-28-37-47(36-27-16-12-8-4)51(58)60-45-32-24-19-22-30-42-55(43-33-40-54-50(57)49(52)53)41-29-21-18-23-31-44-59-48(56)39-38-46(34-25-14-10-6-2)35-26-15-11-7-3/h46-47,49H,5-45H2,1-4H3,(H,54,57). The number of amides is 1. The molecule has 0 radical (unpaired) electrons. The van der Waals surface area contributed by atoms with E-state index in [0.29, 0.717) is 32.1 Å². The lowest BCUT2D eigenvalue weighted by atomic mass is 9.90. The van der Waals surface area contributed by atoms with E-state index < -0.39 is 4.84 Å². The molecule has 60 heavy (non-hydrogen) atoms. The van der Waals surface area contributed by atoms with E-state index in [2.05, 4.69) is 37.9 Å². The molecule has 0 aromatic carbocycles. The maximum atomic E-state index is 13.0. The second-order valence-electron chi connectivity index (χ2n) is 17.9. The smallest absolute Gasteiger partial charge is 0.308 e. The summed E-state index contributed by atoms with van der Waals surface area (Å²) < 4.78 is 11.5. The molecule has 0 saturated carbocycles. The largest absolute Gasteiger partial charge is 0.466 e. The Kier molecular flexibility index (Phi) is 45.2. The lowest BCUT2D eigenvalue weighted by Crippen LogP contribution is -2.33. The van der Waals surface area contributed by atoms with Gasteiger partial charge in [0.05, 0.1) is 19.1 Å². The highest BCUT2D eigenvalue weighted by molar-refractivity contribution is 6.53. The van der Waals surface area contributed by atoms with Crippen LogP contribution >= 0.6 is 23.2 Å². The molecule has 0 bridgehead atoms. The molecule has 1 unspecified atom stereocenters. The first-order chi connectivity index (χ1) is 29.3. The molecular weight excluding hydrogens is 791 g/mol. The third kappa shape index (κ3) is 39.8. The van der Waals surface area contributed by atoms with Gasteiger partial charge >= 0.3 is 11.9 Å². The predicted octanol–water partition coefficient (Wildman–Crippen LogP) is 15.3. The minimum absolute atomic E-state index is 0.0132. The molecular formula is C51H98Cl2N2O5. The van der Waals surface area contributed by atoms with Crippen molar-refractivity contribution in [2.24, 2.45) is 11.8 Å². The van der Waals surface area contributed by atoms with Gasteiger partial charge in [-0.1, -0.05) is 218 Å². The normalized spacial score (nSPS) is 12.2. The van der Waals surface area contributed by atoms with Crippen LogP contribution in [-0.2, 0) is 23.9 Å². The van der Waals surface area contributed by atoms with Gasteiger partial charge in [-0.05, 0) is 76.9 Å². The fourth-order valence-electron chi connectivity index (χ4n) is 8.25. The maximum Gasteiger partial charge on any atom is 0.308 e. The molecule has 0 rings (SSSR count). The van der Waals surface area contributed by atoms with Gasteiger partial charge in [-0.3, -0.25) is 14.4 Å². The number of hydrogen-bond donors (Lipinski definition) is 1. The molecule has 9 heteroatoms. The van der Waals surface area contributed by atoms with Crippen LogP contribution in [0.4, 0.5) is 0 Å². The van der Waals surface area contributed by atoms with Crippen molar-refractivity contribution in [1.82, 2.24) is 10.2 Å².